The minimum absolute atomic E-state index is 0.0158. The third-order valence-corrected chi connectivity index (χ3v) is 4.59. The van der Waals surface area contributed by atoms with Crippen LogP contribution in [0.15, 0.2) is 0 Å². The van der Waals surface area contributed by atoms with Crippen molar-refractivity contribution in [2.75, 3.05) is 25.1 Å². The topological polar surface area (TPSA) is 54.5 Å². The third-order valence-electron chi connectivity index (χ3n) is 3.65. The van der Waals surface area contributed by atoms with Crippen LogP contribution >= 0.6 is 0 Å². The second kappa shape index (κ2) is 4.35. The number of rotatable bonds is 3. The van der Waals surface area contributed by atoms with Crippen LogP contribution in [-0.2, 0) is 14.6 Å². The molecule has 1 saturated carbocycles. The largest absolute Gasteiger partial charge is 0.342 e. The summed E-state index contributed by atoms with van der Waals surface area (Å²) in [7, 11) is -3.02. The van der Waals surface area contributed by atoms with Crippen LogP contribution in [0, 0.1) is 11.8 Å². The zero-order valence-electron chi connectivity index (χ0n) is 9.68. The lowest BCUT2D eigenvalue weighted by Crippen LogP contribution is -2.41. The van der Waals surface area contributed by atoms with Crippen LogP contribution in [0.1, 0.15) is 25.7 Å². The van der Waals surface area contributed by atoms with Gasteiger partial charge in [0.25, 0.3) is 0 Å². The number of fused-ring (bicyclic) bond motifs is 2. The second-order valence-corrected chi connectivity index (χ2v) is 7.48. The fourth-order valence-electron chi connectivity index (χ4n) is 2.84. The number of hydrogen-bond acceptors (Lipinski definition) is 3. The van der Waals surface area contributed by atoms with Crippen molar-refractivity contribution in [1.29, 1.82) is 0 Å². The fourth-order valence-corrected chi connectivity index (χ4v) is 3.39. The maximum Gasteiger partial charge on any atom is 0.223 e. The summed E-state index contributed by atoms with van der Waals surface area (Å²) in [5.41, 5.74) is 0. The SMILES string of the molecule is CS(=O)(=O)CCC(=O)N1C[C@@H]2CC[C@@H](C2)C1. The van der Waals surface area contributed by atoms with E-state index in [-0.39, 0.29) is 18.1 Å². The molecular weight excluding hydrogens is 226 g/mol. The van der Waals surface area contributed by atoms with E-state index in [1.165, 1.54) is 25.5 Å². The Balaban J connectivity index is 1.86. The molecule has 0 radical (unpaired) electrons. The maximum atomic E-state index is 11.8. The Morgan fingerprint density at radius 3 is 2.31 bits per heavy atom. The van der Waals surface area contributed by atoms with Crippen LogP contribution in [0.2, 0.25) is 0 Å². The number of piperidine rings is 1. The van der Waals surface area contributed by atoms with Gasteiger partial charge in [0.2, 0.25) is 5.91 Å². The molecule has 16 heavy (non-hydrogen) atoms. The number of nitrogens with zero attached hydrogens (tertiary/aromatic N) is 1. The van der Waals surface area contributed by atoms with Gasteiger partial charge in [0, 0.05) is 25.8 Å². The number of carbonyl (C=O) groups is 1. The van der Waals surface area contributed by atoms with Gasteiger partial charge in [-0.15, -0.1) is 0 Å². The van der Waals surface area contributed by atoms with Crippen LogP contribution in [0.5, 0.6) is 0 Å². The lowest BCUT2D eigenvalue weighted by molar-refractivity contribution is -0.132. The summed E-state index contributed by atoms with van der Waals surface area (Å²) in [4.78, 5) is 13.7. The molecule has 5 heteroatoms. The molecule has 2 fully saturated rings. The fraction of sp³-hybridized carbons (Fsp3) is 0.909. The summed E-state index contributed by atoms with van der Waals surface area (Å²) in [5, 5.41) is 0. The number of sulfone groups is 1. The maximum absolute atomic E-state index is 11.8. The zero-order chi connectivity index (χ0) is 11.8. The van der Waals surface area contributed by atoms with Gasteiger partial charge in [-0.3, -0.25) is 4.79 Å². The number of carbonyl (C=O) groups excluding carboxylic acids is 1. The summed E-state index contributed by atoms with van der Waals surface area (Å²) in [6.07, 6.45) is 5.06. The normalized spacial score (nSPS) is 29.4. The van der Waals surface area contributed by atoms with Crippen molar-refractivity contribution < 1.29 is 13.2 Å². The monoisotopic (exact) mass is 245 g/mol. The Morgan fingerprint density at radius 1 is 1.25 bits per heavy atom. The van der Waals surface area contributed by atoms with Crippen molar-refractivity contribution in [3.05, 3.63) is 0 Å². The highest BCUT2D eigenvalue weighted by Gasteiger charge is 2.34. The highest BCUT2D eigenvalue weighted by Crippen LogP contribution is 2.36. The van der Waals surface area contributed by atoms with E-state index >= 15 is 0 Å². The van der Waals surface area contributed by atoms with Crippen molar-refractivity contribution in [2.24, 2.45) is 11.8 Å². The molecule has 2 atom stereocenters. The molecule has 1 heterocycles. The summed E-state index contributed by atoms with van der Waals surface area (Å²) >= 11 is 0. The van der Waals surface area contributed by atoms with Gasteiger partial charge in [0.15, 0.2) is 0 Å². The molecule has 0 spiro atoms. The first-order chi connectivity index (χ1) is 7.44. The molecule has 0 aromatic rings. The van der Waals surface area contributed by atoms with Crippen LogP contribution < -0.4 is 0 Å². The van der Waals surface area contributed by atoms with Crippen LogP contribution in [0.3, 0.4) is 0 Å². The van der Waals surface area contributed by atoms with E-state index in [9.17, 15) is 13.2 Å². The molecule has 4 nitrogen and oxygen atoms in total. The highest BCUT2D eigenvalue weighted by atomic mass is 32.2. The van der Waals surface area contributed by atoms with Crippen molar-refractivity contribution in [3.8, 4) is 0 Å². The Hall–Kier alpha value is -0.580. The van der Waals surface area contributed by atoms with Gasteiger partial charge >= 0.3 is 0 Å². The molecule has 0 aromatic carbocycles. The summed E-state index contributed by atoms with van der Waals surface area (Å²) in [6, 6.07) is 0. The first-order valence-electron chi connectivity index (χ1n) is 5.89. The lowest BCUT2D eigenvalue weighted by atomic mass is 9.99. The first kappa shape index (κ1) is 11.9. The van der Waals surface area contributed by atoms with Gasteiger partial charge in [-0.25, -0.2) is 8.42 Å². The van der Waals surface area contributed by atoms with E-state index in [2.05, 4.69) is 0 Å². The molecule has 1 aliphatic heterocycles. The molecule has 1 amide bonds. The third kappa shape index (κ3) is 2.97. The molecule has 92 valence electrons. The summed E-state index contributed by atoms with van der Waals surface area (Å²) in [5.74, 6) is 1.33. The molecule has 2 rings (SSSR count). The van der Waals surface area contributed by atoms with Crippen molar-refractivity contribution in [3.63, 3.8) is 0 Å². The van der Waals surface area contributed by atoms with E-state index in [1.807, 2.05) is 4.90 Å². The van der Waals surface area contributed by atoms with E-state index < -0.39 is 9.84 Å². The first-order valence-corrected chi connectivity index (χ1v) is 7.95. The Labute approximate surface area is 96.9 Å². The van der Waals surface area contributed by atoms with Crippen LogP contribution in [0.25, 0.3) is 0 Å². The van der Waals surface area contributed by atoms with Crippen molar-refractivity contribution >= 4 is 15.7 Å². The second-order valence-electron chi connectivity index (χ2n) is 5.22. The van der Waals surface area contributed by atoms with Gasteiger partial charge in [-0.05, 0) is 31.1 Å². The van der Waals surface area contributed by atoms with Gasteiger partial charge in [-0.1, -0.05) is 0 Å². The van der Waals surface area contributed by atoms with E-state index in [1.54, 1.807) is 0 Å². The van der Waals surface area contributed by atoms with E-state index in [0.29, 0.717) is 11.8 Å². The average molecular weight is 245 g/mol. The molecule has 1 saturated heterocycles. The molecule has 0 N–H and O–H groups in total. The highest BCUT2D eigenvalue weighted by molar-refractivity contribution is 7.90. The average Bonchev–Trinajstić information content (AvgIpc) is 2.53. The Bertz CT molecular complexity index is 365. The molecule has 0 unspecified atom stereocenters. The molecule has 2 bridgehead atoms. The van der Waals surface area contributed by atoms with Gasteiger partial charge in [0.1, 0.15) is 9.84 Å². The standard InChI is InChI=1S/C11H19NO3S/c1-16(14,15)5-4-11(13)12-7-9-2-3-10(6-9)8-12/h9-10H,2-8H2,1H3/t9-,10+. The van der Waals surface area contributed by atoms with Gasteiger partial charge in [-0.2, -0.15) is 0 Å². The minimum atomic E-state index is -3.02. The van der Waals surface area contributed by atoms with Crippen LogP contribution in [-0.4, -0.2) is 44.3 Å². The molecule has 1 aliphatic carbocycles. The quantitative estimate of drug-likeness (QED) is 0.734. The number of amides is 1. The smallest absolute Gasteiger partial charge is 0.223 e. The van der Waals surface area contributed by atoms with E-state index in [0.717, 1.165) is 13.1 Å². The van der Waals surface area contributed by atoms with Crippen molar-refractivity contribution in [2.45, 2.75) is 25.7 Å². The molecule has 2 aliphatic rings. The van der Waals surface area contributed by atoms with Gasteiger partial charge in [0.05, 0.1) is 5.75 Å². The van der Waals surface area contributed by atoms with Crippen molar-refractivity contribution in [1.82, 2.24) is 4.90 Å². The number of likely N-dealkylation sites (tertiary alicyclic amines) is 1. The lowest BCUT2D eigenvalue weighted by Gasteiger charge is -2.31. The van der Waals surface area contributed by atoms with Crippen LogP contribution in [0.4, 0.5) is 0 Å². The number of hydrogen-bond donors (Lipinski definition) is 0. The summed E-state index contributed by atoms with van der Waals surface area (Å²) < 4.78 is 22.0. The predicted octanol–water partition coefficient (Wildman–Crippen LogP) is 0.680. The van der Waals surface area contributed by atoms with Gasteiger partial charge < -0.3 is 4.90 Å². The molecule has 0 aromatic heterocycles. The van der Waals surface area contributed by atoms with E-state index in [4.69, 9.17) is 0 Å². The Kier molecular flexibility index (Phi) is 3.24. The summed E-state index contributed by atoms with van der Waals surface area (Å²) in [6.45, 7) is 1.69. The zero-order valence-corrected chi connectivity index (χ0v) is 10.5. The minimum Gasteiger partial charge on any atom is -0.342 e. The molecular formula is C11H19NO3S. The predicted molar refractivity (Wildman–Crippen MR) is 61.7 cm³/mol. The Morgan fingerprint density at radius 2 is 1.81 bits per heavy atom.